The molecule has 1 aromatic heterocycles. The molecule has 1 aliphatic rings. The highest BCUT2D eigenvalue weighted by atomic mass is 35.5. The molecule has 1 aliphatic heterocycles. The molecule has 33 heavy (non-hydrogen) atoms. The highest BCUT2D eigenvalue weighted by Crippen LogP contribution is 2.41. The Morgan fingerprint density at radius 1 is 1.21 bits per heavy atom. The molecule has 7 heteroatoms. The van der Waals surface area contributed by atoms with E-state index in [1.54, 1.807) is 12.1 Å². The molecule has 0 fully saturated rings. The first-order chi connectivity index (χ1) is 15.5. The Balaban J connectivity index is 1.97. The van der Waals surface area contributed by atoms with Crippen LogP contribution >= 0.6 is 11.6 Å². The average Bonchev–Trinajstić information content (AvgIpc) is 3.17. The summed E-state index contributed by atoms with van der Waals surface area (Å²) < 4.78 is 6.05. The van der Waals surface area contributed by atoms with Crippen LogP contribution in [0.1, 0.15) is 49.7 Å². The van der Waals surface area contributed by atoms with Gasteiger partial charge in [0.25, 0.3) is 0 Å². The number of carboxylic acids is 1. The Hall–Kier alpha value is -2.96. The van der Waals surface area contributed by atoms with Crippen LogP contribution in [0, 0.1) is 6.92 Å². The van der Waals surface area contributed by atoms with Crippen molar-refractivity contribution in [1.29, 1.82) is 0 Å². The zero-order chi connectivity index (χ0) is 23.9. The van der Waals surface area contributed by atoms with Crippen LogP contribution in [-0.2, 0) is 9.53 Å². The first-order valence-electron chi connectivity index (χ1n) is 10.9. The first-order valence-corrected chi connectivity index (χ1v) is 11.3. The molecule has 2 aromatic carbocycles. The van der Waals surface area contributed by atoms with Crippen molar-refractivity contribution in [3.8, 4) is 11.1 Å². The van der Waals surface area contributed by atoms with E-state index in [4.69, 9.17) is 21.3 Å². The highest BCUT2D eigenvalue weighted by Gasteiger charge is 2.32. The van der Waals surface area contributed by atoms with Crippen molar-refractivity contribution in [3.05, 3.63) is 64.3 Å². The maximum Gasteiger partial charge on any atom is 0.337 e. The molecule has 1 unspecified atom stereocenters. The molecule has 0 aliphatic carbocycles. The minimum Gasteiger partial charge on any atom is -0.479 e. The number of aliphatic imine (C=N–C) groups is 1. The molecule has 0 saturated heterocycles. The van der Waals surface area contributed by atoms with Gasteiger partial charge in [-0.2, -0.15) is 0 Å². The van der Waals surface area contributed by atoms with Gasteiger partial charge in [-0.3, -0.25) is 9.98 Å². The number of carbonyl (C=O) groups is 1. The van der Waals surface area contributed by atoms with Gasteiger partial charge in [0.15, 0.2) is 6.10 Å². The number of hydrogen-bond acceptors (Lipinski definition) is 5. The predicted octanol–water partition coefficient (Wildman–Crippen LogP) is 5.82. The summed E-state index contributed by atoms with van der Waals surface area (Å²) in [7, 11) is 1.99. The van der Waals surface area contributed by atoms with Crippen LogP contribution in [0.3, 0.4) is 0 Å². The van der Waals surface area contributed by atoms with Crippen molar-refractivity contribution in [3.63, 3.8) is 0 Å². The molecule has 2 heterocycles. The fraction of sp³-hybridized carbons (Fsp3) is 0.346. The zero-order valence-corrected chi connectivity index (χ0v) is 20.2. The second-order valence-corrected chi connectivity index (χ2v) is 9.90. The van der Waals surface area contributed by atoms with E-state index in [1.165, 1.54) is 0 Å². The van der Waals surface area contributed by atoms with Gasteiger partial charge in [-0.15, -0.1) is 0 Å². The number of fused-ring (bicyclic) bond motifs is 1. The number of aryl methyl sites for hydroxylation is 1. The maximum atomic E-state index is 12.4. The molecular weight excluding hydrogens is 438 g/mol. The van der Waals surface area contributed by atoms with Crippen molar-refractivity contribution in [1.82, 2.24) is 9.88 Å². The topological polar surface area (TPSA) is 75.0 Å². The second kappa shape index (κ2) is 8.76. The molecule has 2 atom stereocenters. The summed E-state index contributed by atoms with van der Waals surface area (Å²) in [5, 5.41) is 11.6. The van der Waals surface area contributed by atoms with Gasteiger partial charge in [0.2, 0.25) is 0 Å². The Labute approximate surface area is 198 Å². The molecule has 1 N–H and O–H groups in total. The molecule has 3 aromatic rings. The molecule has 0 amide bonds. The minimum absolute atomic E-state index is 0.0191. The highest BCUT2D eigenvalue weighted by molar-refractivity contribution is 6.30. The summed E-state index contributed by atoms with van der Waals surface area (Å²) in [5.74, 6) is -1.03. The van der Waals surface area contributed by atoms with Crippen LogP contribution in [0.5, 0.6) is 0 Å². The summed E-state index contributed by atoms with van der Waals surface area (Å²) in [4.78, 5) is 23.9. The van der Waals surface area contributed by atoms with Gasteiger partial charge >= 0.3 is 5.97 Å². The largest absolute Gasteiger partial charge is 0.479 e. The average molecular weight is 466 g/mol. The fourth-order valence-corrected chi connectivity index (χ4v) is 4.33. The van der Waals surface area contributed by atoms with Gasteiger partial charge < -0.3 is 14.7 Å². The van der Waals surface area contributed by atoms with Crippen molar-refractivity contribution < 1.29 is 14.6 Å². The quantitative estimate of drug-likeness (QED) is 0.513. The van der Waals surface area contributed by atoms with E-state index in [9.17, 15) is 9.90 Å². The first kappa shape index (κ1) is 23.2. The van der Waals surface area contributed by atoms with E-state index >= 15 is 0 Å². The lowest BCUT2D eigenvalue weighted by Gasteiger charge is -2.28. The van der Waals surface area contributed by atoms with E-state index in [2.05, 4.69) is 4.99 Å². The number of likely N-dealkylation sites (N-methyl/N-ethyl adjacent to an activating group) is 1. The number of pyridine rings is 1. The van der Waals surface area contributed by atoms with Crippen LogP contribution in [0.4, 0.5) is 0 Å². The standard InChI is InChI=1S/C26H28ClN3O3/c1-15-12-20-18(10-11-19(29-20)21-13-30(5)14-28-21)23(16-6-8-17(27)9-7-16)22(15)24(25(31)32)33-26(2,3)4/h6-12,14,21,24H,13H2,1-5H3,(H,31,32)/t21?,24-/m0/s1. The smallest absolute Gasteiger partial charge is 0.337 e. The lowest BCUT2D eigenvalue weighted by molar-refractivity contribution is -0.160. The number of aliphatic carboxylic acids is 1. The zero-order valence-electron chi connectivity index (χ0n) is 19.5. The molecule has 0 bridgehead atoms. The van der Waals surface area contributed by atoms with E-state index in [0.717, 1.165) is 39.8 Å². The molecule has 0 spiro atoms. The number of ether oxygens (including phenoxy) is 1. The second-order valence-electron chi connectivity index (χ2n) is 9.46. The maximum absolute atomic E-state index is 12.4. The summed E-state index contributed by atoms with van der Waals surface area (Å²) in [6, 6.07) is 13.3. The van der Waals surface area contributed by atoms with E-state index < -0.39 is 17.7 Å². The predicted molar refractivity (Wildman–Crippen MR) is 132 cm³/mol. The summed E-state index contributed by atoms with van der Waals surface area (Å²) in [5.41, 5.74) is 4.13. The number of carboxylic acid groups (broad SMARTS) is 1. The van der Waals surface area contributed by atoms with Crippen molar-refractivity contribution >= 4 is 34.8 Å². The van der Waals surface area contributed by atoms with Crippen molar-refractivity contribution in [2.24, 2.45) is 4.99 Å². The van der Waals surface area contributed by atoms with E-state index in [0.29, 0.717) is 10.6 Å². The van der Waals surface area contributed by atoms with Crippen LogP contribution in [0.2, 0.25) is 5.02 Å². The number of halogens is 1. The van der Waals surface area contributed by atoms with Gasteiger partial charge in [0.1, 0.15) is 6.04 Å². The summed E-state index contributed by atoms with van der Waals surface area (Å²) in [6.45, 7) is 8.25. The number of aromatic nitrogens is 1. The number of rotatable bonds is 5. The van der Waals surface area contributed by atoms with Gasteiger partial charge in [0, 0.05) is 29.6 Å². The molecule has 6 nitrogen and oxygen atoms in total. The molecule has 172 valence electrons. The van der Waals surface area contributed by atoms with Crippen LogP contribution in [0.15, 0.2) is 47.5 Å². The Morgan fingerprint density at radius 2 is 1.91 bits per heavy atom. The van der Waals surface area contributed by atoms with Crippen LogP contribution in [-0.4, -0.2) is 46.5 Å². The van der Waals surface area contributed by atoms with Crippen molar-refractivity contribution in [2.45, 2.75) is 45.4 Å². The van der Waals surface area contributed by atoms with Crippen molar-refractivity contribution in [2.75, 3.05) is 13.6 Å². The van der Waals surface area contributed by atoms with Crippen LogP contribution in [0.25, 0.3) is 22.0 Å². The Morgan fingerprint density at radius 3 is 2.48 bits per heavy atom. The third kappa shape index (κ3) is 4.87. The third-order valence-electron chi connectivity index (χ3n) is 5.60. The normalized spacial score (nSPS) is 17.0. The van der Waals surface area contributed by atoms with Gasteiger partial charge in [-0.1, -0.05) is 29.8 Å². The SMILES string of the molecule is Cc1cc2nc(C3CN(C)C=N3)ccc2c(-c2ccc(Cl)cc2)c1[C@H](OC(C)(C)C)C(=O)O. The van der Waals surface area contributed by atoms with Gasteiger partial charge in [-0.05, 0) is 68.7 Å². The van der Waals surface area contributed by atoms with E-state index in [-0.39, 0.29) is 6.04 Å². The number of nitrogens with zero attached hydrogens (tertiary/aromatic N) is 3. The molecule has 4 rings (SSSR count). The molecular formula is C26H28ClN3O3. The Kier molecular flexibility index (Phi) is 6.16. The summed E-state index contributed by atoms with van der Waals surface area (Å²) in [6.07, 6.45) is 0.693. The number of hydrogen-bond donors (Lipinski definition) is 1. The Bertz CT molecular complexity index is 1230. The lowest BCUT2D eigenvalue weighted by Crippen LogP contribution is -2.28. The molecule has 0 saturated carbocycles. The minimum atomic E-state index is -1.13. The van der Waals surface area contributed by atoms with Gasteiger partial charge in [-0.25, -0.2) is 4.79 Å². The van der Waals surface area contributed by atoms with E-state index in [1.807, 2.05) is 76.3 Å². The summed E-state index contributed by atoms with van der Waals surface area (Å²) >= 11 is 6.15. The monoisotopic (exact) mass is 465 g/mol. The van der Waals surface area contributed by atoms with Crippen LogP contribution < -0.4 is 0 Å². The van der Waals surface area contributed by atoms with Gasteiger partial charge in [0.05, 0.1) is 23.2 Å². The lowest BCUT2D eigenvalue weighted by atomic mass is 9.88. The number of benzene rings is 2. The molecule has 0 radical (unpaired) electrons. The fourth-order valence-electron chi connectivity index (χ4n) is 4.21. The third-order valence-corrected chi connectivity index (χ3v) is 5.85.